The Morgan fingerprint density at radius 3 is 2.30 bits per heavy atom. The Morgan fingerprint density at radius 2 is 1.65 bits per heavy atom. The highest BCUT2D eigenvalue weighted by Gasteiger charge is 2.64. The topological polar surface area (TPSA) is 23.5 Å². The van der Waals surface area contributed by atoms with Crippen molar-refractivity contribution < 1.29 is 18.3 Å². The molecule has 0 fully saturated rings. The van der Waals surface area contributed by atoms with Crippen molar-refractivity contribution in [2.24, 2.45) is 0 Å². The molecule has 1 aliphatic heterocycles. The number of fused-ring (bicyclic) bond motifs is 1. The van der Waals surface area contributed by atoms with E-state index in [1.165, 1.54) is 12.1 Å². The summed E-state index contributed by atoms with van der Waals surface area (Å²) in [6.45, 7) is 0. The first-order valence-electron chi connectivity index (χ1n) is 7.51. The number of rotatable bonds is 3. The van der Waals surface area contributed by atoms with Crippen molar-refractivity contribution in [3.63, 3.8) is 0 Å². The summed E-state index contributed by atoms with van der Waals surface area (Å²) in [5.41, 5.74) is -1.51. The van der Waals surface area contributed by atoms with Gasteiger partial charge in [-0.2, -0.15) is 13.2 Å². The Labute approximate surface area is 133 Å². The Balaban J connectivity index is 1.95. The smallest absolute Gasteiger partial charge is 0.375 e. The predicted molar refractivity (Wildman–Crippen MR) is 83.3 cm³/mol. The second-order valence-electron chi connectivity index (χ2n) is 5.93. The molecule has 0 unspecified atom stereocenters. The summed E-state index contributed by atoms with van der Waals surface area (Å²) in [6.07, 6.45) is -4.04. The third kappa shape index (κ3) is 2.49. The highest BCUT2D eigenvalue weighted by atomic mass is 19.4. The maximum absolute atomic E-state index is 13.7. The van der Waals surface area contributed by atoms with Crippen LogP contribution in [0.4, 0.5) is 18.9 Å². The van der Waals surface area contributed by atoms with Gasteiger partial charge in [-0.25, -0.2) is 0 Å². The van der Waals surface area contributed by atoms with Crippen molar-refractivity contribution in [3.8, 4) is 0 Å². The summed E-state index contributed by atoms with van der Waals surface area (Å²) in [5, 5.41) is 10.6. The monoisotopic (exact) mass is 321 g/mol. The highest BCUT2D eigenvalue weighted by Crippen LogP contribution is 2.52. The largest absolute Gasteiger partial charge is 0.423 e. The molecule has 0 saturated carbocycles. The molecule has 1 aliphatic rings. The second kappa shape index (κ2) is 5.57. The van der Waals surface area contributed by atoms with Crippen molar-refractivity contribution in [3.05, 3.63) is 65.7 Å². The molecule has 23 heavy (non-hydrogen) atoms. The highest BCUT2D eigenvalue weighted by molar-refractivity contribution is 5.63. The zero-order chi connectivity index (χ0) is 16.7. The van der Waals surface area contributed by atoms with Crippen molar-refractivity contribution in [2.75, 3.05) is 11.9 Å². The minimum Gasteiger partial charge on any atom is -0.375 e. The van der Waals surface area contributed by atoms with Gasteiger partial charge >= 0.3 is 6.18 Å². The lowest BCUT2D eigenvalue weighted by Crippen LogP contribution is -2.53. The van der Waals surface area contributed by atoms with Crippen LogP contribution in [-0.4, -0.2) is 24.4 Å². The fourth-order valence-corrected chi connectivity index (χ4v) is 3.42. The SMILES string of the molecule is CN1c2ccccc2[C@@](O)(C(F)(F)F)[C@H]1CCc1ccccc1. The first-order valence-corrected chi connectivity index (χ1v) is 7.51. The maximum Gasteiger partial charge on any atom is 0.423 e. The van der Waals surface area contributed by atoms with E-state index in [1.54, 1.807) is 24.1 Å². The number of alkyl halides is 3. The lowest BCUT2D eigenvalue weighted by Gasteiger charge is -2.35. The van der Waals surface area contributed by atoms with Crippen LogP contribution in [0, 0.1) is 0 Å². The number of hydrogen-bond donors (Lipinski definition) is 1. The fraction of sp³-hybridized carbons (Fsp3) is 0.333. The number of hydrogen-bond acceptors (Lipinski definition) is 2. The Kier molecular flexibility index (Phi) is 3.84. The quantitative estimate of drug-likeness (QED) is 0.927. The van der Waals surface area contributed by atoms with Gasteiger partial charge in [-0.1, -0.05) is 48.5 Å². The van der Waals surface area contributed by atoms with Crippen LogP contribution >= 0.6 is 0 Å². The number of anilines is 1. The van der Waals surface area contributed by atoms with Crippen LogP contribution in [0.25, 0.3) is 0 Å². The van der Waals surface area contributed by atoms with E-state index in [0.29, 0.717) is 12.1 Å². The van der Waals surface area contributed by atoms with Gasteiger partial charge in [0.05, 0.1) is 6.04 Å². The molecule has 0 aromatic heterocycles. The van der Waals surface area contributed by atoms with E-state index in [2.05, 4.69) is 0 Å². The number of aliphatic hydroxyl groups is 1. The third-order valence-electron chi connectivity index (χ3n) is 4.63. The van der Waals surface area contributed by atoms with Gasteiger partial charge in [0.25, 0.3) is 0 Å². The normalized spacial score (nSPS) is 23.9. The van der Waals surface area contributed by atoms with E-state index in [9.17, 15) is 18.3 Å². The van der Waals surface area contributed by atoms with Gasteiger partial charge in [0.2, 0.25) is 5.60 Å². The van der Waals surface area contributed by atoms with Gasteiger partial charge in [-0.15, -0.1) is 0 Å². The molecule has 0 spiro atoms. The van der Waals surface area contributed by atoms with Crippen LogP contribution < -0.4 is 4.90 Å². The van der Waals surface area contributed by atoms with Crippen molar-refractivity contribution in [2.45, 2.75) is 30.7 Å². The van der Waals surface area contributed by atoms with Gasteiger partial charge in [0, 0.05) is 18.3 Å². The number of benzene rings is 2. The minimum absolute atomic E-state index is 0.0620. The lowest BCUT2D eigenvalue weighted by atomic mass is 9.85. The lowest BCUT2D eigenvalue weighted by molar-refractivity contribution is -0.271. The molecule has 5 heteroatoms. The standard InChI is InChI=1S/C18H18F3NO/c1-22-15-10-6-5-9-14(15)17(23,18(19,20)21)16(22)12-11-13-7-3-2-4-8-13/h2-10,16,23H,11-12H2,1H3/t16-,17+/m1/s1. The molecular weight excluding hydrogens is 303 g/mol. The van der Waals surface area contributed by atoms with E-state index in [1.807, 2.05) is 30.3 Å². The predicted octanol–water partition coefficient (Wildman–Crippen LogP) is 3.89. The molecule has 0 aliphatic carbocycles. The van der Waals surface area contributed by atoms with Gasteiger partial charge in [0.1, 0.15) is 0 Å². The molecule has 2 nitrogen and oxygen atoms in total. The van der Waals surface area contributed by atoms with Crippen LogP contribution in [0.2, 0.25) is 0 Å². The average Bonchev–Trinajstić information content (AvgIpc) is 2.76. The van der Waals surface area contributed by atoms with E-state index in [0.717, 1.165) is 5.56 Å². The third-order valence-corrected chi connectivity index (χ3v) is 4.63. The van der Waals surface area contributed by atoms with Crippen LogP contribution in [0.5, 0.6) is 0 Å². The molecule has 1 N–H and O–H groups in total. The molecule has 0 saturated heterocycles. The Morgan fingerprint density at radius 1 is 1.04 bits per heavy atom. The molecule has 0 bridgehead atoms. The van der Waals surface area contributed by atoms with E-state index in [-0.39, 0.29) is 12.0 Å². The number of aryl methyl sites for hydroxylation is 1. The zero-order valence-corrected chi connectivity index (χ0v) is 12.7. The van der Waals surface area contributed by atoms with Gasteiger partial charge in [-0.3, -0.25) is 0 Å². The molecule has 2 aromatic rings. The molecule has 122 valence electrons. The Hall–Kier alpha value is -2.01. The van der Waals surface area contributed by atoms with E-state index < -0.39 is 17.8 Å². The summed E-state index contributed by atoms with van der Waals surface area (Å²) < 4.78 is 41.1. The van der Waals surface area contributed by atoms with E-state index in [4.69, 9.17) is 0 Å². The van der Waals surface area contributed by atoms with Crippen molar-refractivity contribution in [1.82, 2.24) is 0 Å². The molecule has 2 atom stereocenters. The second-order valence-corrected chi connectivity index (χ2v) is 5.93. The van der Waals surface area contributed by atoms with Crippen LogP contribution in [0.1, 0.15) is 17.5 Å². The number of likely N-dealkylation sites (N-methyl/N-ethyl adjacent to an activating group) is 1. The first-order chi connectivity index (χ1) is 10.9. The molecule has 1 heterocycles. The number of nitrogens with zero attached hydrogens (tertiary/aromatic N) is 1. The number of halogens is 3. The summed E-state index contributed by atoms with van der Waals surface area (Å²) in [4.78, 5) is 1.55. The summed E-state index contributed by atoms with van der Waals surface area (Å²) in [7, 11) is 1.61. The maximum atomic E-state index is 13.7. The van der Waals surface area contributed by atoms with Crippen LogP contribution in [0.3, 0.4) is 0 Å². The molecule has 0 radical (unpaired) electrons. The minimum atomic E-state index is -4.73. The van der Waals surface area contributed by atoms with Crippen LogP contribution in [0.15, 0.2) is 54.6 Å². The molecule has 3 rings (SSSR count). The molecule has 2 aromatic carbocycles. The summed E-state index contributed by atoms with van der Waals surface area (Å²) >= 11 is 0. The fourth-order valence-electron chi connectivity index (χ4n) is 3.42. The van der Waals surface area contributed by atoms with Gasteiger partial charge in [-0.05, 0) is 24.5 Å². The zero-order valence-electron chi connectivity index (χ0n) is 12.7. The van der Waals surface area contributed by atoms with Crippen molar-refractivity contribution >= 4 is 5.69 Å². The Bertz CT molecular complexity index is 686. The molecule has 0 amide bonds. The van der Waals surface area contributed by atoms with Gasteiger partial charge in [0.15, 0.2) is 0 Å². The van der Waals surface area contributed by atoms with Gasteiger partial charge < -0.3 is 10.0 Å². The average molecular weight is 321 g/mol. The van der Waals surface area contributed by atoms with Crippen LogP contribution in [-0.2, 0) is 12.0 Å². The number of para-hydroxylation sites is 1. The van der Waals surface area contributed by atoms with E-state index >= 15 is 0 Å². The summed E-state index contributed by atoms with van der Waals surface area (Å²) in [5.74, 6) is 0. The molecular formula is C18H18F3NO. The van der Waals surface area contributed by atoms with Crippen molar-refractivity contribution in [1.29, 1.82) is 0 Å². The summed E-state index contributed by atoms with van der Waals surface area (Å²) in [6, 6.07) is 14.5. The first kappa shape index (κ1) is 15.9.